The van der Waals surface area contributed by atoms with E-state index in [4.69, 9.17) is 10.5 Å². The summed E-state index contributed by atoms with van der Waals surface area (Å²) >= 11 is 0. The second kappa shape index (κ2) is 6.50. The normalized spacial score (nSPS) is 23.9. The van der Waals surface area contributed by atoms with Crippen molar-refractivity contribution in [2.24, 2.45) is 11.7 Å². The third-order valence-corrected chi connectivity index (χ3v) is 3.17. The van der Waals surface area contributed by atoms with Crippen molar-refractivity contribution in [2.75, 3.05) is 46.9 Å². The third kappa shape index (κ3) is 4.23. The average Bonchev–Trinajstić information content (AvgIpc) is 2.71. The molecular weight excluding hydrogens is 230 g/mol. The van der Waals surface area contributed by atoms with E-state index in [9.17, 15) is 4.79 Å². The van der Waals surface area contributed by atoms with E-state index in [0.717, 1.165) is 19.6 Å². The van der Waals surface area contributed by atoms with Crippen molar-refractivity contribution in [3.63, 3.8) is 0 Å². The van der Waals surface area contributed by atoms with Gasteiger partial charge in [0.15, 0.2) is 0 Å². The molecule has 5 nitrogen and oxygen atoms in total. The number of nitrogens with zero attached hydrogens (tertiary/aromatic N) is 2. The summed E-state index contributed by atoms with van der Waals surface area (Å²) in [5.74, 6) is 0.484. The van der Waals surface area contributed by atoms with Gasteiger partial charge in [0.1, 0.15) is 5.54 Å². The Morgan fingerprint density at radius 3 is 2.50 bits per heavy atom. The first-order valence-corrected chi connectivity index (χ1v) is 6.66. The second-order valence-corrected chi connectivity index (χ2v) is 5.91. The Bertz CT molecular complexity index is 273. The van der Waals surface area contributed by atoms with Crippen LogP contribution in [0.4, 0.5) is 0 Å². The van der Waals surface area contributed by atoms with Gasteiger partial charge in [-0.2, -0.15) is 0 Å². The van der Waals surface area contributed by atoms with Crippen molar-refractivity contribution in [2.45, 2.75) is 25.8 Å². The van der Waals surface area contributed by atoms with Gasteiger partial charge in [-0.1, -0.05) is 13.8 Å². The van der Waals surface area contributed by atoms with Crippen molar-refractivity contribution in [1.82, 2.24) is 9.80 Å². The zero-order valence-electron chi connectivity index (χ0n) is 12.1. The van der Waals surface area contributed by atoms with Gasteiger partial charge in [0, 0.05) is 26.2 Å². The second-order valence-electron chi connectivity index (χ2n) is 5.91. The number of rotatable bonds is 6. The summed E-state index contributed by atoms with van der Waals surface area (Å²) in [5, 5.41) is 0. The van der Waals surface area contributed by atoms with Crippen molar-refractivity contribution in [3.05, 3.63) is 0 Å². The summed E-state index contributed by atoms with van der Waals surface area (Å²) < 4.78 is 5.28. The van der Waals surface area contributed by atoms with E-state index < -0.39 is 5.54 Å². The highest BCUT2D eigenvalue weighted by molar-refractivity contribution is 5.86. The standard InChI is InChI=1S/C13H27N3O2/c1-11(2)9-16(7-6-15(3)4)12(17)13(14)5-8-18-10-13/h11H,5-10,14H2,1-4H3. The zero-order valence-corrected chi connectivity index (χ0v) is 12.1. The maximum Gasteiger partial charge on any atom is 0.245 e. The molecule has 1 aliphatic heterocycles. The monoisotopic (exact) mass is 257 g/mol. The van der Waals surface area contributed by atoms with Gasteiger partial charge >= 0.3 is 0 Å². The van der Waals surface area contributed by atoms with E-state index in [1.54, 1.807) is 0 Å². The van der Waals surface area contributed by atoms with Gasteiger partial charge in [-0.25, -0.2) is 0 Å². The maximum atomic E-state index is 12.5. The number of ether oxygens (including phenoxy) is 1. The summed E-state index contributed by atoms with van der Waals surface area (Å²) in [6, 6.07) is 0. The van der Waals surface area contributed by atoms with Gasteiger partial charge in [-0.05, 0) is 26.4 Å². The Balaban J connectivity index is 2.65. The minimum absolute atomic E-state index is 0.0375. The molecule has 0 bridgehead atoms. The van der Waals surface area contributed by atoms with E-state index >= 15 is 0 Å². The number of hydrogen-bond acceptors (Lipinski definition) is 4. The lowest BCUT2D eigenvalue weighted by molar-refractivity contribution is -0.137. The molecule has 1 rings (SSSR count). The Morgan fingerprint density at radius 2 is 2.06 bits per heavy atom. The first-order chi connectivity index (χ1) is 8.35. The molecule has 18 heavy (non-hydrogen) atoms. The molecular formula is C13H27N3O2. The molecule has 0 saturated carbocycles. The van der Waals surface area contributed by atoms with E-state index in [1.165, 1.54) is 0 Å². The van der Waals surface area contributed by atoms with Crippen LogP contribution in [0, 0.1) is 5.92 Å². The Morgan fingerprint density at radius 1 is 1.39 bits per heavy atom. The molecule has 5 heteroatoms. The fourth-order valence-corrected chi connectivity index (χ4v) is 2.10. The lowest BCUT2D eigenvalue weighted by Gasteiger charge is -2.32. The summed E-state index contributed by atoms with van der Waals surface area (Å²) in [6.45, 7) is 7.51. The average molecular weight is 257 g/mol. The highest BCUT2D eigenvalue weighted by Gasteiger charge is 2.41. The maximum absolute atomic E-state index is 12.5. The van der Waals surface area contributed by atoms with E-state index in [2.05, 4.69) is 18.7 Å². The minimum Gasteiger partial charge on any atom is -0.379 e. The lowest BCUT2D eigenvalue weighted by atomic mass is 9.97. The number of nitrogens with two attached hydrogens (primary N) is 1. The first-order valence-electron chi connectivity index (χ1n) is 6.66. The Hall–Kier alpha value is -0.650. The summed E-state index contributed by atoms with van der Waals surface area (Å²) in [6.07, 6.45) is 0.627. The molecule has 0 aromatic rings. The van der Waals surface area contributed by atoms with Crippen LogP contribution in [0.1, 0.15) is 20.3 Å². The van der Waals surface area contributed by atoms with Gasteiger partial charge in [0.2, 0.25) is 5.91 Å². The predicted octanol–water partition coefficient (Wildman–Crippen LogP) is 0.150. The highest BCUT2D eigenvalue weighted by Crippen LogP contribution is 2.19. The molecule has 106 valence electrons. The summed E-state index contributed by atoms with van der Waals surface area (Å²) in [5.41, 5.74) is 5.35. The number of carbonyl (C=O) groups is 1. The van der Waals surface area contributed by atoms with Crippen LogP contribution >= 0.6 is 0 Å². The van der Waals surface area contributed by atoms with Crippen LogP contribution in [0.3, 0.4) is 0 Å². The number of hydrogen-bond donors (Lipinski definition) is 1. The molecule has 0 aromatic heterocycles. The number of likely N-dealkylation sites (N-methyl/N-ethyl adjacent to an activating group) is 1. The van der Waals surface area contributed by atoms with Gasteiger partial charge in [-0.3, -0.25) is 4.79 Å². The van der Waals surface area contributed by atoms with Gasteiger partial charge < -0.3 is 20.3 Å². The van der Waals surface area contributed by atoms with E-state index in [1.807, 2.05) is 19.0 Å². The fraction of sp³-hybridized carbons (Fsp3) is 0.923. The molecule has 1 saturated heterocycles. The van der Waals surface area contributed by atoms with Crippen LogP contribution < -0.4 is 5.73 Å². The molecule has 0 aliphatic carbocycles. The largest absolute Gasteiger partial charge is 0.379 e. The fourth-order valence-electron chi connectivity index (χ4n) is 2.10. The molecule has 0 radical (unpaired) electrons. The van der Waals surface area contributed by atoms with E-state index in [0.29, 0.717) is 25.6 Å². The SMILES string of the molecule is CC(C)CN(CCN(C)C)C(=O)C1(N)CCOC1. The third-order valence-electron chi connectivity index (χ3n) is 3.17. The van der Waals surface area contributed by atoms with Crippen LogP contribution in [0.5, 0.6) is 0 Å². The van der Waals surface area contributed by atoms with Crippen LogP contribution in [0.15, 0.2) is 0 Å². The van der Waals surface area contributed by atoms with E-state index in [-0.39, 0.29) is 5.91 Å². The summed E-state index contributed by atoms with van der Waals surface area (Å²) in [4.78, 5) is 16.5. The highest BCUT2D eigenvalue weighted by atomic mass is 16.5. The molecule has 2 N–H and O–H groups in total. The molecule has 0 spiro atoms. The smallest absolute Gasteiger partial charge is 0.245 e. The molecule has 1 fully saturated rings. The van der Waals surface area contributed by atoms with Crippen molar-refractivity contribution < 1.29 is 9.53 Å². The van der Waals surface area contributed by atoms with Crippen LogP contribution in [-0.2, 0) is 9.53 Å². The van der Waals surface area contributed by atoms with Crippen LogP contribution in [-0.4, -0.2) is 68.2 Å². The van der Waals surface area contributed by atoms with Crippen molar-refractivity contribution >= 4 is 5.91 Å². The molecule has 1 atom stereocenters. The molecule has 1 aliphatic rings. The molecule has 0 aromatic carbocycles. The molecule has 1 amide bonds. The first kappa shape index (κ1) is 15.4. The van der Waals surface area contributed by atoms with Gasteiger partial charge in [-0.15, -0.1) is 0 Å². The molecule has 1 heterocycles. The summed E-state index contributed by atoms with van der Waals surface area (Å²) in [7, 11) is 4.02. The zero-order chi connectivity index (χ0) is 13.8. The van der Waals surface area contributed by atoms with Gasteiger partial charge in [0.25, 0.3) is 0 Å². The molecule has 1 unspecified atom stereocenters. The number of amides is 1. The quantitative estimate of drug-likeness (QED) is 0.736. The van der Waals surface area contributed by atoms with Gasteiger partial charge in [0.05, 0.1) is 6.61 Å². The predicted molar refractivity (Wildman–Crippen MR) is 72.3 cm³/mol. The Kier molecular flexibility index (Phi) is 5.56. The van der Waals surface area contributed by atoms with Crippen LogP contribution in [0.2, 0.25) is 0 Å². The lowest BCUT2D eigenvalue weighted by Crippen LogP contribution is -2.57. The van der Waals surface area contributed by atoms with Crippen molar-refractivity contribution in [1.29, 1.82) is 0 Å². The van der Waals surface area contributed by atoms with Crippen LogP contribution in [0.25, 0.3) is 0 Å². The number of carbonyl (C=O) groups excluding carboxylic acids is 1. The minimum atomic E-state index is -0.804. The topological polar surface area (TPSA) is 58.8 Å². The Labute approximate surface area is 110 Å². The van der Waals surface area contributed by atoms with Crippen molar-refractivity contribution in [3.8, 4) is 0 Å².